The Kier molecular flexibility index (Phi) is 5.65. The maximum Gasteiger partial charge on any atom is 0.161 e. The first kappa shape index (κ1) is 22.8. The number of hydrogen-bond donors (Lipinski definition) is 0. The smallest absolute Gasteiger partial charge is 0.161 e. The molecule has 0 N–H and O–H groups in total. The largest absolute Gasteiger partial charge is 0.371 e. The summed E-state index contributed by atoms with van der Waals surface area (Å²) >= 11 is 0. The summed E-state index contributed by atoms with van der Waals surface area (Å²) < 4.78 is 18.0. The lowest BCUT2D eigenvalue weighted by Crippen LogP contribution is -2.37. The summed E-state index contributed by atoms with van der Waals surface area (Å²) in [5, 5.41) is 0. The van der Waals surface area contributed by atoms with Crippen molar-refractivity contribution in [2.75, 3.05) is 37.6 Å². The minimum absolute atomic E-state index is 0.212. The summed E-state index contributed by atoms with van der Waals surface area (Å²) in [5.74, 6) is 2.37. The van der Waals surface area contributed by atoms with Gasteiger partial charge in [0.2, 0.25) is 0 Å². The second kappa shape index (κ2) is 9.18. The van der Waals surface area contributed by atoms with Gasteiger partial charge in [0.05, 0.1) is 11.4 Å². The highest BCUT2D eigenvalue weighted by molar-refractivity contribution is 5.72. The van der Waals surface area contributed by atoms with Crippen molar-refractivity contribution >= 4 is 5.69 Å². The van der Waals surface area contributed by atoms with Crippen molar-refractivity contribution in [2.24, 2.45) is 11.8 Å². The summed E-state index contributed by atoms with van der Waals surface area (Å²) in [7, 11) is 0. The van der Waals surface area contributed by atoms with E-state index in [4.69, 9.17) is 4.98 Å². The molecule has 2 fully saturated rings. The Morgan fingerprint density at radius 2 is 1.78 bits per heavy atom. The first-order valence-electron chi connectivity index (χ1n) is 13.7. The molecule has 5 nitrogen and oxygen atoms in total. The fraction of sp³-hybridized carbons (Fsp3) is 0.387. The summed E-state index contributed by atoms with van der Waals surface area (Å²) in [4.78, 5) is 9.99. The van der Waals surface area contributed by atoms with Gasteiger partial charge in [-0.1, -0.05) is 19.1 Å². The molecule has 37 heavy (non-hydrogen) atoms. The molecule has 190 valence electrons. The number of hydrogen-bond acceptors (Lipinski definition) is 3. The monoisotopic (exact) mass is 495 g/mol. The minimum Gasteiger partial charge on any atom is -0.371 e. The highest BCUT2D eigenvalue weighted by atomic mass is 19.1. The number of anilines is 1. The van der Waals surface area contributed by atoms with Gasteiger partial charge in [-0.3, -0.25) is 4.57 Å². The zero-order valence-electron chi connectivity index (χ0n) is 21.5. The number of rotatable bonds is 4. The number of piperidine rings is 1. The van der Waals surface area contributed by atoms with Gasteiger partial charge in [-0.25, -0.2) is 9.37 Å². The fourth-order valence-corrected chi connectivity index (χ4v) is 6.46. The van der Waals surface area contributed by atoms with Gasteiger partial charge < -0.3 is 14.4 Å². The molecule has 2 saturated heterocycles. The zero-order valence-corrected chi connectivity index (χ0v) is 21.5. The van der Waals surface area contributed by atoms with Gasteiger partial charge in [0.15, 0.2) is 5.82 Å². The van der Waals surface area contributed by atoms with Gasteiger partial charge in [-0.2, -0.15) is 0 Å². The Hall–Kier alpha value is -3.38. The van der Waals surface area contributed by atoms with E-state index in [0.717, 1.165) is 54.1 Å². The molecule has 0 amide bonds. The third kappa shape index (κ3) is 4.27. The summed E-state index contributed by atoms with van der Waals surface area (Å²) in [6, 6.07) is 15.9. The molecule has 4 aromatic rings. The van der Waals surface area contributed by atoms with Crippen LogP contribution in [0.3, 0.4) is 0 Å². The van der Waals surface area contributed by atoms with Gasteiger partial charge in [-0.15, -0.1) is 0 Å². The maximum absolute atomic E-state index is 13.5. The molecule has 3 aliphatic rings. The van der Waals surface area contributed by atoms with Crippen LogP contribution in [0.25, 0.3) is 28.3 Å². The lowest BCUT2D eigenvalue weighted by molar-refractivity contribution is 0.171. The molecule has 1 atom stereocenters. The third-order valence-electron chi connectivity index (χ3n) is 8.65. The summed E-state index contributed by atoms with van der Waals surface area (Å²) in [6.07, 6.45) is 10.1. The highest BCUT2D eigenvalue weighted by Gasteiger charge is 2.28. The van der Waals surface area contributed by atoms with Crippen LogP contribution in [0.5, 0.6) is 0 Å². The van der Waals surface area contributed by atoms with Gasteiger partial charge in [0, 0.05) is 56.0 Å². The van der Waals surface area contributed by atoms with E-state index in [1.54, 1.807) is 0 Å². The van der Waals surface area contributed by atoms with Crippen molar-refractivity contribution in [1.82, 2.24) is 19.0 Å². The van der Waals surface area contributed by atoms with Crippen LogP contribution in [0, 0.1) is 17.7 Å². The summed E-state index contributed by atoms with van der Waals surface area (Å²) in [5.41, 5.74) is 6.99. The minimum atomic E-state index is -0.212. The van der Waals surface area contributed by atoms with E-state index in [2.05, 4.69) is 62.5 Å². The van der Waals surface area contributed by atoms with Crippen LogP contribution in [-0.4, -0.2) is 51.7 Å². The van der Waals surface area contributed by atoms with Crippen LogP contribution >= 0.6 is 0 Å². The first-order valence-corrected chi connectivity index (χ1v) is 13.7. The van der Waals surface area contributed by atoms with Gasteiger partial charge in [0.1, 0.15) is 5.82 Å². The normalized spacial score (nSPS) is 19.9. The molecule has 0 spiro atoms. The quantitative estimate of drug-likeness (QED) is 0.303. The van der Waals surface area contributed by atoms with Crippen molar-refractivity contribution in [1.29, 1.82) is 0 Å². The van der Waals surface area contributed by atoms with Crippen LogP contribution in [0.1, 0.15) is 31.7 Å². The lowest BCUT2D eigenvalue weighted by atomic mass is 9.98. The zero-order chi connectivity index (χ0) is 24.9. The van der Waals surface area contributed by atoms with Crippen molar-refractivity contribution < 1.29 is 4.39 Å². The molecule has 0 unspecified atom stereocenters. The van der Waals surface area contributed by atoms with Crippen LogP contribution in [0.2, 0.25) is 0 Å². The number of fused-ring (bicyclic) bond motifs is 5. The highest BCUT2D eigenvalue weighted by Crippen LogP contribution is 2.36. The summed E-state index contributed by atoms with van der Waals surface area (Å²) in [6.45, 7) is 9.22. The Bertz CT molecular complexity index is 1410. The average Bonchev–Trinajstić information content (AvgIpc) is 3.65. The molecular formula is C31H34FN5. The second-order valence-electron chi connectivity index (χ2n) is 11.3. The van der Waals surface area contributed by atoms with Crippen LogP contribution in [0.4, 0.5) is 10.1 Å². The molecule has 0 saturated carbocycles. The molecule has 0 radical (unpaired) electrons. The number of nitrogens with zero attached hydrogens (tertiary/aromatic N) is 5. The van der Waals surface area contributed by atoms with Crippen molar-refractivity contribution in [3.63, 3.8) is 0 Å². The van der Waals surface area contributed by atoms with Crippen LogP contribution in [0.15, 0.2) is 67.1 Å². The van der Waals surface area contributed by atoms with E-state index in [-0.39, 0.29) is 5.82 Å². The Morgan fingerprint density at radius 1 is 0.946 bits per heavy atom. The van der Waals surface area contributed by atoms with Gasteiger partial charge in [-0.05, 0) is 91.7 Å². The van der Waals surface area contributed by atoms with Crippen molar-refractivity contribution in [2.45, 2.75) is 32.7 Å². The predicted octanol–water partition coefficient (Wildman–Crippen LogP) is 6.07. The Labute approximate surface area is 218 Å². The Morgan fingerprint density at radius 3 is 2.62 bits per heavy atom. The van der Waals surface area contributed by atoms with E-state index in [0.29, 0.717) is 0 Å². The first-order chi connectivity index (χ1) is 18.1. The number of benzene rings is 2. The molecule has 6 heteroatoms. The van der Waals surface area contributed by atoms with E-state index in [1.165, 1.54) is 68.0 Å². The number of likely N-dealkylation sites (tertiary alicyclic amines) is 1. The van der Waals surface area contributed by atoms with Crippen LogP contribution in [-0.2, 0) is 6.54 Å². The SMILES string of the molecule is CC1CCN(C[C@H]2CCN(c3ccc4c(c3)Cn3cc(-c5ccc(F)cc5)cc3-c3nccn3-4)C2)CC1. The molecule has 2 aromatic carbocycles. The maximum atomic E-state index is 13.5. The lowest BCUT2D eigenvalue weighted by Gasteiger charge is -2.32. The number of aromatic nitrogens is 3. The second-order valence-corrected chi connectivity index (χ2v) is 11.3. The molecule has 0 aliphatic carbocycles. The molecule has 5 heterocycles. The van der Waals surface area contributed by atoms with E-state index in [9.17, 15) is 4.39 Å². The van der Waals surface area contributed by atoms with Crippen molar-refractivity contribution in [3.8, 4) is 28.3 Å². The van der Waals surface area contributed by atoms with E-state index < -0.39 is 0 Å². The topological polar surface area (TPSA) is 29.2 Å². The fourth-order valence-electron chi connectivity index (χ4n) is 6.46. The predicted molar refractivity (Wildman–Crippen MR) is 147 cm³/mol. The van der Waals surface area contributed by atoms with E-state index >= 15 is 0 Å². The molecular weight excluding hydrogens is 461 g/mol. The molecule has 2 aromatic heterocycles. The molecule has 0 bridgehead atoms. The van der Waals surface area contributed by atoms with Crippen LogP contribution < -0.4 is 4.90 Å². The number of halogens is 1. The molecule has 7 rings (SSSR count). The third-order valence-corrected chi connectivity index (χ3v) is 8.65. The standard InChI is InChI=1S/C31H34FN5/c1-22-8-12-34(13-9-22)18-23-10-14-35(19-23)28-6-7-29-26(16-28)21-36-20-25(24-2-4-27(32)5-3-24)17-30(36)31-33-11-15-37(29)31/h2-7,11,15-17,20,22-23H,8-10,12-14,18-19,21H2,1H3/t23-/m1/s1. The van der Waals surface area contributed by atoms with E-state index in [1.807, 2.05) is 18.3 Å². The van der Waals surface area contributed by atoms with Gasteiger partial charge in [0.25, 0.3) is 0 Å². The average molecular weight is 496 g/mol. The number of imidazole rings is 1. The van der Waals surface area contributed by atoms with Gasteiger partial charge >= 0.3 is 0 Å². The molecule has 3 aliphatic heterocycles. The Balaban J connectivity index is 1.15. The van der Waals surface area contributed by atoms with Crippen molar-refractivity contribution in [3.05, 3.63) is 78.5 Å².